The fourth-order valence-corrected chi connectivity index (χ4v) is 5.20. The largest absolute Gasteiger partial charge is 0.492 e. The lowest BCUT2D eigenvalue weighted by atomic mass is 9.80. The van der Waals surface area contributed by atoms with Gasteiger partial charge in [-0.05, 0) is 43.4 Å². The minimum Gasteiger partial charge on any atom is -0.492 e. The quantitative estimate of drug-likeness (QED) is 0.228. The number of morpholine rings is 1. The lowest BCUT2D eigenvalue weighted by Crippen LogP contribution is -2.57. The number of nitrogens with zero attached hydrogens (tertiary/aromatic N) is 2. The lowest BCUT2D eigenvalue weighted by Gasteiger charge is -2.45. The number of amides is 1. The topological polar surface area (TPSA) is 54.0 Å². The molecule has 1 heterocycles. The van der Waals surface area contributed by atoms with Gasteiger partial charge in [0.25, 0.3) is 9.70 Å². The summed E-state index contributed by atoms with van der Waals surface area (Å²) in [6.07, 6.45) is 7.53. The van der Waals surface area contributed by atoms with E-state index in [0.29, 0.717) is 13.0 Å². The van der Waals surface area contributed by atoms with Gasteiger partial charge in [0.1, 0.15) is 12.4 Å². The molecule has 2 aliphatic rings. The molecule has 0 aromatic heterocycles. The van der Waals surface area contributed by atoms with Gasteiger partial charge in [-0.3, -0.25) is 9.69 Å². The first kappa shape index (κ1) is 28.1. The van der Waals surface area contributed by atoms with Crippen LogP contribution in [0.3, 0.4) is 0 Å². The van der Waals surface area contributed by atoms with Gasteiger partial charge in [-0.15, -0.1) is 0 Å². The summed E-state index contributed by atoms with van der Waals surface area (Å²) in [4.78, 5) is 17.5. The summed E-state index contributed by atoms with van der Waals surface area (Å²) in [7, 11) is 0. The number of benzene rings is 2. The number of allylic oxidation sites excluding steroid dienone is 1. The van der Waals surface area contributed by atoms with Gasteiger partial charge in [0, 0.05) is 31.4 Å². The summed E-state index contributed by atoms with van der Waals surface area (Å²) < 4.78 is 9.33. The number of carbonyl (C=O) groups is 1. The third kappa shape index (κ3) is 8.01. The zero-order chi connectivity index (χ0) is 26.1. The molecular formula is C28H34Cl3N3O3. The van der Waals surface area contributed by atoms with Crippen LogP contribution in [0.5, 0.6) is 5.75 Å². The van der Waals surface area contributed by atoms with Crippen LogP contribution in [0.25, 0.3) is 0 Å². The summed E-state index contributed by atoms with van der Waals surface area (Å²) in [5.41, 5.74) is 1.33. The van der Waals surface area contributed by atoms with E-state index in [1.807, 2.05) is 42.5 Å². The van der Waals surface area contributed by atoms with Gasteiger partial charge in [0.15, 0.2) is 0 Å². The number of nitrogens with one attached hydrogen (secondary N) is 1. The number of alkyl halides is 3. The molecule has 1 atom stereocenters. The number of rotatable bonds is 10. The van der Waals surface area contributed by atoms with Gasteiger partial charge in [0.05, 0.1) is 25.4 Å². The Morgan fingerprint density at radius 2 is 1.89 bits per heavy atom. The summed E-state index contributed by atoms with van der Waals surface area (Å²) >= 11 is 18.4. The third-order valence-electron chi connectivity index (χ3n) is 6.84. The maximum Gasteiger partial charge on any atom is 0.276 e. The van der Waals surface area contributed by atoms with Crippen LogP contribution in [0, 0.1) is 0 Å². The molecular weight excluding hydrogens is 533 g/mol. The van der Waals surface area contributed by atoms with Crippen molar-refractivity contribution in [3.8, 4) is 5.75 Å². The second-order valence-corrected chi connectivity index (χ2v) is 11.7. The summed E-state index contributed by atoms with van der Waals surface area (Å²) in [5.74, 6) is 0.208. The summed E-state index contributed by atoms with van der Waals surface area (Å²) in [6, 6.07) is 17.8. The number of carbonyl (C=O) groups excluding carboxylic acids is 1. The molecule has 0 spiro atoms. The van der Waals surface area contributed by atoms with Crippen molar-refractivity contribution in [1.29, 1.82) is 0 Å². The summed E-state index contributed by atoms with van der Waals surface area (Å²) in [6.45, 7) is 5.01. The van der Waals surface area contributed by atoms with Crippen molar-refractivity contribution < 1.29 is 14.3 Å². The number of anilines is 1. The van der Waals surface area contributed by atoms with Gasteiger partial charge in [0.2, 0.25) is 0 Å². The molecule has 6 nitrogen and oxygen atoms in total. The molecule has 1 aliphatic heterocycles. The number of hydrogen-bond acceptors (Lipinski definition) is 5. The van der Waals surface area contributed by atoms with Crippen LogP contribution >= 0.6 is 34.8 Å². The highest BCUT2D eigenvalue weighted by molar-refractivity contribution is 6.76. The van der Waals surface area contributed by atoms with E-state index in [0.717, 1.165) is 69.1 Å². The molecule has 1 aliphatic carbocycles. The molecule has 1 unspecified atom stereocenters. The first-order chi connectivity index (χ1) is 17.9. The van der Waals surface area contributed by atoms with Crippen LogP contribution in [0.4, 0.5) is 5.69 Å². The molecule has 1 fully saturated rings. The number of hydrogen-bond donors (Lipinski definition) is 1. The van der Waals surface area contributed by atoms with Crippen molar-refractivity contribution in [2.75, 3.05) is 51.4 Å². The molecule has 9 heteroatoms. The molecule has 1 amide bonds. The van der Waals surface area contributed by atoms with Crippen LogP contribution in [0.15, 0.2) is 66.7 Å². The Morgan fingerprint density at radius 3 is 2.59 bits per heavy atom. The van der Waals surface area contributed by atoms with Crippen molar-refractivity contribution in [3.63, 3.8) is 0 Å². The van der Waals surface area contributed by atoms with Crippen LogP contribution in [0.2, 0.25) is 0 Å². The molecule has 37 heavy (non-hydrogen) atoms. The Bertz CT molecular complexity index is 1040. The van der Waals surface area contributed by atoms with E-state index in [9.17, 15) is 4.79 Å². The van der Waals surface area contributed by atoms with Crippen molar-refractivity contribution in [1.82, 2.24) is 9.80 Å². The van der Waals surface area contributed by atoms with Gasteiger partial charge >= 0.3 is 0 Å². The van der Waals surface area contributed by atoms with Crippen LogP contribution in [-0.4, -0.2) is 71.2 Å². The Hall–Kier alpha value is -1.96. The third-order valence-corrected chi connectivity index (χ3v) is 7.33. The van der Waals surface area contributed by atoms with E-state index in [1.165, 1.54) is 0 Å². The molecule has 4 rings (SSSR count). The fourth-order valence-electron chi connectivity index (χ4n) is 4.90. The standard InChI is InChI=1S/C28H34Cl3N3O3/c29-28(30,31)26(35)34(27(12-5-2-6-13-27)21-23-8-3-1-4-9-23)22-32-24-10-7-11-25(20-24)37-19-16-33-14-17-36-18-15-33/h1,3-5,7-12,20,32H,2,6,13-19,21-22H2. The van der Waals surface area contributed by atoms with Crippen LogP contribution < -0.4 is 10.1 Å². The highest BCUT2D eigenvalue weighted by Gasteiger charge is 2.45. The van der Waals surface area contributed by atoms with Crippen molar-refractivity contribution >= 4 is 46.4 Å². The SMILES string of the molecule is O=C(N(CNc1cccc(OCCN2CCOCC2)c1)C1(Cc2ccccc2)C=CCCC1)C(Cl)(Cl)Cl. The molecule has 0 radical (unpaired) electrons. The fraction of sp³-hybridized carbons (Fsp3) is 0.464. The second kappa shape index (κ2) is 13.2. The number of halogens is 3. The molecule has 200 valence electrons. The van der Waals surface area contributed by atoms with Crippen molar-refractivity contribution in [3.05, 3.63) is 72.3 Å². The van der Waals surface area contributed by atoms with Crippen molar-refractivity contribution in [2.24, 2.45) is 0 Å². The zero-order valence-corrected chi connectivity index (χ0v) is 23.1. The number of ether oxygens (including phenoxy) is 2. The van der Waals surface area contributed by atoms with E-state index < -0.39 is 15.2 Å². The Kier molecular flexibility index (Phi) is 10.0. The van der Waals surface area contributed by atoms with Gasteiger partial charge in [-0.2, -0.15) is 0 Å². The average Bonchev–Trinajstić information content (AvgIpc) is 2.90. The lowest BCUT2D eigenvalue weighted by molar-refractivity contribution is -0.135. The Balaban J connectivity index is 1.47. The van der Waals surface area contributed by atoms with Gasteiger partial charge in [-0.25, -0.2) is 0 Å². The molecule has 0 bridgehead atoms. The minimum atomic E-state index is -2.07. The van der Waals surface area contributed by atoms with Crippen LogP contribution in [0.1, 0.15) is 24.8 Å². The zero-order valence-electron chi connectivity index (χ0n) is 20.9. The second-order valence-electron chi connectivity index (χ2n) is 9.46. The van der Waals surface area contributed by atoms with E-state index in [-0.39, 0.29) is 6.67 Å². The monoisotopic (exact) mass is 565 g/mol. The van der Waals surface area contributed by atoms with Crippen molar-refractivity contribution in [2.45, 2.75) is 35.0 Å². The first-order valence-electron chi connectivity index (χ1n) is 12.7. The first-order valence-corrected chi connectivity index (χ1v) is 13.9. The van der Waals surface area contributed by atoms with Gasteiger partial charge in [-0.1, -0.05) is 83.4 Å². The van der Waals surface area contributed by atoms with Gasteiger partial charge < -0.3 is 19.7 Å². The highest BCUT2D eigenvalue weighted by atomic mass is 35.6. The summed E-state index contributed by atoms with van der Waals surface area (Å²) in [5, 5.41) is 3.37. The van der Waals surface area contributed by atoms with E-state index in [4.69, 9.17) is 44.3 Å². The van der Waals surface area contributed by atoms with Crippen LogP contribution in [-0.2, 0) is 16.0 Å². The smallest absolute Gasteiger partial charge is 0.276 e. The Labute approximate surface area is 234 Å². The molecule has 2 aromatic rings. The molecule has 2 aromatic carbocycles. The van der Waals surface area contributed by atoms with E-state index in [1.54, 1.807) is 4.90 Å². The maximum atomic E-state index is 13.5. The molecule has 0 saturated carbocycles. The predicted molar refractivity (Wildman–Crippen MR) is 151 cm³/mol. The molecule has 1 saturated heterocycles. The Morgan fingerprint density at radius 1 is 1.11 bits per heavy atom. The van der Waals surface area contributed by atoms with E-state index >= 15 is 0 Å². The highest BCUT2D eigenvalue weighted by Crippen LogP contribution is 2.38. The maximum absolute atomic E-state index is 13.5. The molecule has 1 N–H and O–H groups in total. The van der Waals surface area contributed by atoms with E-state index in [2.05, 4.69) is 34.5 Å². The predicted octanol–water partition coefficient (Wildman–Crippen LogP) is 5.69. The normalized spacial score (nSPS) is 20.4. The average molecular weight is 567 g/mol. The minimum absolute atomic E-state index is 0.182.